The van der Waals surface area contributed by atoms with Gasteiger partial charge in [0.25, 0.3) is 0 Å². The van der Waals surface area contributed by atoms with Gasteiger partial charge < -0.3 is 10.6 Å². The second kappa shape index (κ2) is 9.25. The molecule has 136 valence electrons. The predicted molar refractivity (Wildman–Crippen MR) is 105 cm³/mol. The topological polar surface area (TPSA) is 54.2 Å². The summed E-state index contributed by atoms with van der Waals surface area (Å²) in [6.45, 7) is 10.9. The Labute approximate surface area is 151 Å². The number of nitrogens with zero attached hydrogens (tertiary/aromatic N) is 3. The largest absolute Gasteiger partial charge is 0.357 e. The van der Waals surface area contributed by atoms with Gasteiger partial charge in [0, 0.05) is 25.8 Å². The van der Waals surface area contributed by atoms with E-state index in [1.807, 2.05) is 11.7 Å². The standard InChI is InChI=1S/C20H31N5/c1-6-17-10-8-9-11-18(17)14-23-20(21-7-2)22-13-12-19-15(3)24-25(5)16(19)4/h8-11H,6-7,12-14H2,1-5H3,(H2,21,22,23). The zero-order valence-corrected chi connectivity index (χ0v) is 16.2. The number of aromatic nitrogens is 2. The van der Waals surface area contributed by atoms with Crippen molar-refractivity contribution in [1.29, 1.82) is 0 Å². The monoisotopic (exact) mass is 341 g/mol. The molecule has 0 amide bonds. The van der Waals surface area contributed by atoms with Crippen molar-refractivity contribution < 1.29 is 0 Å². The first-order valence-corrected chi connectivity index (χ1v) is 9.14. The summed E-state index contributed by atoms with van der Waals surface area (Å²) in [5.41, 5.74) is 6.32. The first kappa shape index (κ1) is 19.0. The fourth-order valence-corrected chi connectivity index (χ4v) is 3.05. The molecule has 0 aliphatic carbocycles. The number of hydrogen-bond acceptors (Lipinski definition) is 2. The summed E-state index contributed by atoms with van der Waals surface area (Å²) in [5.74, 6) is 0.868. The molecule has 2 rings (SSSR count). The predicted octanol–water partition coefficient (Wildman–Crippen LogP) is 2.90. The molecule has 0 atom stereocenters. The van der Waals surface area contributed by atoms with Gasteiger partial charge >= 0.3 is 0 Å². The van der Waals surface area contributed by atoms with Crippen LogP contribution in [0, 0.1) is 13.8 Å². The molecule has 5 heteroatoms. The smallest absolute Gasteiger partial charge is 0.191 e. The summed E-state index contributed by atoms with van der Waals surface area (Å²) in [5, 5.41) is 11.3. The van der Waals surface area contributed by atoms with Crippen LogP contribution >= 0.6 is 0 Å². The normalized spacial score (nSPS) is 11.6. The van der Waals surface area contributed by atoms with E-state index in [0.717, 1.165) is 37.6 Å². The van der Waals surface area contributed by atoms with E-state index < -0.39 is 0 Å². The van der Waals surface area contributed by atoms with Gasteiger partial charge in [0.15, 0.2) is 5.96 Å². The molecule has 0 saturated carbocycles. The van der Waals surface area contributed by atoms with Gasteiger partial charge in [0.05, 0.1) is 12.2 Å². The molecule has 0 aliphatic rings. The van der Waals surface area contributed by atoms with Crippen LogP contribution in [0.4, 0.5) is 0 Å². The molecule has 1 aromatic carbocycles. The highest BCUT2D eigenvalue weighted by Crippen LogP contribution is 2.12. The van der Waals surface area contributed by atoms with Gasteiger partial charge in [-0.3, -0.25) is 4.68 Å². The Kier molecular flexibility index (Phi) is 7.04. The molecule has 5 nitrogen and oxygen atoms in total. The van der Waals surface area contributed by atoms with Crippen LogP contribution < -0.4 is 10.6 Å². The van der Waals surface area contributed by atoms with E-state index in [2.05, 4.69) is 67.7 Å². The average Bonchev–Trinajstić information content (AvgIpc) is 2.85. The van der Waals surface area contributed by atoms with Gasteiger partial charge in [-0.2, -0.15) is 5.10 Å². The van der Waals surface area contributed by atoms with E-state index in [4.69, 9.17) is 4.99 Å². The molecule has 2 N–H and O–H groups in total. The van der Waals surface area contributed by atoms with Crippen molar-refractivity contribution >= 4 is 5.96 Å². The molecule has 25 heavy (non-hydrogen) atoms. The first-order chi connectivity index (χ1) is 12.1. The molecule has 0 spiro atoms. The minimum absolute atomic E-state index is 0.699. The molecule has 1 heterocycles. The van der Waals surface area contributed by atoms with Gasteiger partial charge in [-0.25, -0.2) is 4.99 Å². The fourth-order valence-electron chi connectivity index (χ4n) is 3.05. The third kappa shape index (κ3) is 5.08. The van der Waals surface area contributed by atoms with Crippen molar-refractivity contribution in [3.63, 3.8) is 0 Å². The number of nitrogens with one attached hydrogen (secondary N) is 2. The lowest BCUT2D eigenvalue weighted by Gasteiger charge is -2.12. The summed E-state index contributed by atoms with van der Waals surface area (Å²) in [6.07, 6.45) is 1.98. The maximum absolute atomic E-state index is 4.75. The number of aryl methyl sites for hydroxylation is 3. The summed E-state index contributed by atoms with van der Waals surface area (Å²) in [4.78, 5) is 4.75. The maximum Gasteiger partial charge on any atom is 0.191 e. The third-order valence-corrected chi connectivity index (χ3v) is 4.58. The SMILES string of the molecule is CCNC(=NCc1ccccc1CC)NCCc1c(C)nn(C)c1C. The summed E-state index contributed by atoms with van der Waals surface area (Å²) in [7, 11) is 2.00. The highest BCUT2D eigenvalue weighted by atomic mass is 15.3. The second-order valence-electron chi connectivity index (χ2n) is 6.27. The van der Waals surface area contributed by atoms with Crippen LogP contribution in [-0.4, -0.2) is 28.8 Å². The van der Waals surface area contributed by atoms with E-state index >= 15 is 0 Å². The Bertz CT molecular complexity index is 715. The van der Waals surface area contributed by atoms with Gasteiger partial charge in [-0.1, -0.05) is 31.2 Å². The molecule has 1 aromatic heterocycles. The lowest BCUT2D eigenvalue weighted by atomic mass is 10.1. The van der Waals surface area contributed by atoms with Crippen LogP contribution in [0.15, 0.2) is 29.3 Å². The van der Waals surface area contributed by atoms with Crippen molar-refractivity contribution in [2.24, 2.45) is 12.0 Å². The van der Waals surface area contributed by atoms with Crippen LogP contribution in [0.3, 0.4) is 0 Å². The molecule has 0 radical (unpaired) electrons. The van der Waals surface area contributed by atoms with Crippen LogP contribution in [-0.2, 0) is 26.4 Å². The molecule has 0 bridgehead atoms. The quantitative estimate of drug-likeness (QED) is 0.601. The van der Waals surface area contributed by atoms with Gasteiger partial charge in [0.1, 0.15) is 0 Å². The van der Waals surface area contributed by atoms with Gasteiger partial charge in [0.2, 0.25) is 0 Å². The minimum Gasteiger partial charge on any atom is -0.357 e. The number of rotatable bonds is 7. The van der Waals surface area contributed by atoms with Crippen LogP contribution in [0.2, 0.25) is 0 Å². The molecular formula is C20H31N5. The Morgan fingerprint density at radius 3 is 2.44 bits per heavy atom. The van der Waals surface area contributed by atoms with E-state index in [-0.39, 0.29) is 0 Å². The zero-order chi connectivity index (χ0) is 18.2. The Balaban J connectivity index is 1.98. The molecule has 0 unspecified atom stereocenters. The number of guanidine groups is 1. The highest BCUT2D eigenvalue weighted by molar-refractivity contribution is 5.79. The second-order valence-corrected chi connectivity index (χ2v) is 6.27. The minimum atomic E-state index is 0.699. The van der Waals surface area contributed by atoms with Crippen LogP contribution in [0.25, 0.3) is 0 Å². The first-order valence-electron chi connectivity index (χ1n) is 9.14. The molecule has 0 fully saturated rings. The fraction of sp³-hybridized carbons (Fsp3) is 0.500. The summed E-state index contributed by atoms with van der Waals surface area (Å²) in [6, 6.07) is 8.51. The van der Waals surface area contributed by atoms with Crippen molar-refractivity contribution in [3.8, 4) is 0 Å². The third-order valence-electron chi connectivity index (χ3n) is 4.58. The average molecular weight is 342 g/mol. The van der Waals surface area contributed by atoms with E-state index in [0.29, 0.717) is 6.54 Å². The van der Waals surface area contributed by atoms with E-state index in [1.54, 1.807) is 0 Å². The van der Waals surface area contributed by atoms with Crippen molar-refractivity contribution in [2.45, 2.75) is 47.1 Å². The molecule has 0 saturated heterocycles. The van der Waals surface area contributed by atoms with Crippen LogP contribution in [0.1, 0.15) is 41.9 Å². The lowest BCUT2D eigenvalue weighted by molar-refractivity contribution is 0.729. The lowest BCUT2D eigenvalue weighted by Crippen LogP contribution is -2.38. The number of hydrogen-bond donors (Lipinski definition) is 2. The molecular weight excluding hydrogens is 310 g/mol. The Hall–Kier alpha value is -2.30. The highest BCUT2D eigenvalue weighted by Gasteiger charge is 2.09. The summed E-state index contributed by atoms with van der Waals surface area (Å²) >= 11 is 0. The van der Waals surface area contributed by atoms with E-state index in [1.165, 1.54) is 22.4 Å². The zero-order valence-electron chi connectivity index (χ0n) is 16.2. The maximum atomic E-state index is 4.75. The molecule has 0 aliphatic heterocycles. The molecule has 2 aromatic rings. The Morgan fingerprint density at radius 1 is 1.12 bits per heavy atom. The van der Waals surface area contributed by atoms with Gasteiger partial charge in [-0.05, 0) is 50.3 Å². The summed E-state index contributed by atoms with van der Waals surface area (Å²) < 4.78 is 1.95. The Morgan fingerprint density at radius 2 is 1.84 bits per heavy atom. The van der Waals surface area contributed by atoms with E-state index in [9.17, 15) is 0 Å². The van der Waals surface area contributed by atoms with Crippen molar-refractivity contribution in [1.82, 2.24) is 20.4 Å². The van der Waals surface area contributed by atoms with Crippen molar-refractivity contribution in [3.05, 3.63) is 52.3 Å². The number of benzene rings is 1. The number of aliphatic imine (C=N–C) groups is 1. The van der Waals surface area contributed by atoms with Crippen LogP contribution in [0.5, 0.6) is 0 Å². The van der Waals surface area contributed by atoms with Gasteiger partial charge in [-0.15, -0.1) is 0 Å². The van der Waals surface area contributed by atoms with Crippen molar-refractivity contribution in [2.75, 3.05) is 13.1 Å².